The van der Waals surface area contributed by atoms with E-state index < -0.39 is 69.9 Å². The zero-order valence-corrected chi connectivity index (χ0v) is 24.0. The minimum absolute atomic E-state index is 0.00962. The highest BCUT2D eigenvalue weighted by Gasteiger charge is 2.64. The Morgan fingerprint density at radius 3 is 2.37 bits per heavy atom. The maximum absolute atomic E-state index is 14.0. The molecule has 3 aliphatic rings. The van der Waals surface area contributed by atoms with Gasteiger partial charge in [-0.2, -0.15) is 0 Å². The maximum Gasteiger partial charge on any atom is 0.411 e. The molecule has 226 valence electrons. The summed E-state index contributed by atoms with van der Waals surface area (Å²) in [7, 11) is 0. The van der Waals surface area contributed by atoms with Crippen molar-refractivity contribution in [3.05, 3.63) is 64.4 Å². The first-order valence-electron chi connectivity index (χ1n) is 14.2. The number of benzene rings is 2. The number of hydrogen-bond acceptors (Lipinski definition) is 9. The van der Waals surface area contributed by atoms with Crippen LogP contribution in [0.15, 0.2) is 53.3 Å². The van der Waals surface area contributed by atoms with E-state index in [1.165, 1.54) is 6.07 Å². The van der Waals surface area contributed by atoms with Gasteiger partial charge in [-0.1, -0.05) is 39.0 Å². The Morgan fingerprint density at radius 1 is 1.09 bits per heavy atom. The topological polar surface area (TPSA) is 196 Å². The second-order valence-electron chi connectivity index (χ2n) is 11.6. The molecule has 0 aliphatic heterocycles. The second kappa shape index (κ2) is 10.9. The number of phenolic OH excluding ortho intramolecular Hbond substituents is 1. The van der Waals surface area contributed by atoms with Crippen molar-refractivity contribution in [3.8, 4) is 16.9 Å². The van der Waals surface area contributed by atoms with Crippen LogP contribution in [0.2, 0.25) is 0 Å². The van der Waals surface area contributed by atoms with Gasteiger partial charge < -0.3 is 30.9 Å². The number of rotatable bonds is 6. The standard InChI is InChI=1S/C32H34N2O9/c1-4-11-43-31(41)34-17-7-5-15(6-8-17)18-9-10-21(35)24-19(18)12-16-13-20-22(14(2)3)26(36)25(30(33)40)29(39)32(20,42)28(38)23(16)27(24)37/h5-10,14,16,20,22,35,37,39,42H,4,11-13H2,1-3H3,(H2,33,40)(H,34,41)/t16-,20-,22-,32-/m0/s1. The number of nitrogens with two attached hydrogens (primary N) is 1. The predicted molar refractivity (Wildman–Crippen MR) is 156 cm³/mol. The van der Waals surface area contributed by atoms with Crippen LogP contribution >= 0.6 is 0 Å². The molecular weight excluding hydrogens is 556 g/mol. The van der Waals surface area contributed by atoms with Gasteiger partial charge in [-0.15, -0.1) is 0 Å². The molecule has 0 radical (unpaired) electrons. The number of nitrogens with one attached hydrogen (secondary N) is 1. The number of carbonyl (C=O) groups is 4. The van der Waals surface area contributed by atoms with E-state index in [0.717, 1.165) is 0 Å². The Kier molecular flexibility index (Phi) is 7.55. The number of aliphatic hydroxyl groups is 3. The highest BCUT2D eigenvalue weighted by molar-refractivity contribution is 6.23. The van der Waals surface area contributed by atoms with Crippen molar-refractivity contribution in [1.29, 1.82) is 0 Å². The normalized spacial score (nSPS) is 24.8. The Balaban J connectivity index is 1.59. The third-order valence-electron chi connectivity index (χ3n) is 8.73. The zero-order valence-electron chi connectivity index (χ0n) is 24.0. The zero-order chi connectivity index (χ0) is 31.4. The number of fused-ring (bicyclic) bond motifs is 3. The van der Waals surface area contributed by atoms with Gasteiger partial charge in [0.05, 0.1) is 12.2 Å². The molecule has 2 amide bonds. The van der Waals surface area contributed by atoms with E-state index in [1.807, 2.05) is 6.92 Å². The molecule has 11 nitrogen and oxygen atoms in total. The second-order valence-corrected chi connectivity index (χ2v) is 11.6. The molecule has 0 unspecified atom stereocenters. The monoisotopic (exact) mass is 590 g/mol. The van der Waals surface area contributed by atoms with Crippen molar-refractivity contribution in [2.45, 2.75) is 45.6 Å². The lowest BCUT2D eigenvalue weighted by Crippen LogP contribution is -2.62. The lowest BCUT2D eigenvalue weighted by molar-refractivity contribution is -0.155. The fourth-order valence-electron chi connectivity index (χ4n) is 6.84. The van der Waals surface area contributed by atoms with Crippen molar-refractivity contribution >= 4 is 35.0 Å². The van der Waals surface area contributed by atoms with Crippen molar-refractivity contribution in [1.82, 2.24) is 0 Å². The molecule has 1 fully saturated rings. The number of primary amides is 1. The molecule has 0 saturated heterocycles. The van der Waals surface area contributed by atoms with Crippen molar-refractivity contribution in [3.63, 3.8) is 0 Å². The van der Waals surface area contributed by atoms with Crippen LogP contribution in [0.4, 0.5) is 10.5 Å². The van der Waals surface area contributed by atoms with E-state index in [4.69, 9.17) is 10.5 Å². The van der Waals surface area contributed by atoms with Gasteiger partial charge in [0.1, 0.15) is 22.8 Å². The molecule has 43 heavy (non-hydrogen) atoms. The fraction of sp³-hybridized carbons (Fsp3) is 0.375. The summed E-state index contributed by atoms with van der Waals surface area (Å²) in [6.07, 6.45) is 0.315. The maximum atomic E-state index is 14.0. The number of hydrogen-bond donors (Lipinski definition) is 6. The molecule has 1 saturated carbocycles. The number of aliphatic hydroxyl groups excluding tert-OH is 2. The molecule has 0 aromatic heterocycles. The Bertz CT molecular complexity index is 1610. The van der Waals surface area contributed by atoms with E-state index in [-0.39, 0.29) is 29.7 Å². The van der Waals surface area contributed by atoms with Crippen molar-refractivity contribution < 1.29 is 44.3 Å². The minimum atomic E-state index is -2.65. The van der Waals surface area contributed by atoms with Gasteiger partial charge in [-0.05, 0) is 66.0 Å². The molecular formula is C32H34N2O9. The molecule has 4 atom stereocenters. The Hall–Kier alpha value is -4.64. The highest BCUT2D eigenvalue weighted by atomic mass is 16.5. The predicted octanol–water partition coefficient (Wildman–Crippen LogP) is 3.93. The lowest BCUT2D eigenvalue weighted by Gasteiger charge is -2.50. The molecule has 5 rings (SSSR count). The van der Waals surface area contributed by atoms with E-state index in [0.29, 0.717) is 35.4 Å². The third-order valence-corrected chi connectivity index (χ3v) is 8.73. The van der Waals surface area contributed by atoms with Gasteiger partial charge in [0.25, 0.3) is 5.91 Å². The van der Waals surface area contributed by atoms with E-state index in [2.05, 4.69) is 5.32 Å². The Morgan fingerprint density at radius 2 is 1.77 bits per heavy atom. The average Bonchev–Trinajstić information content (AvgIpc) is 2.94. The summed E-state index contributed by atoms with van der Waals surface area (Å²) in [5.41, 5.74) is 4.14. The summed E-state index contributed by atoms with van der Waals surface area (Å²) >= 11 is 0. The molecule has 3 aliphatic carbocycles. The molecule has 0 spiro atoms. The number of Topliss-reactive ketones (excluding diaryl/α,β-unsaturated/α-hetero) is 2. The van der Waals surface area contributed by atoms with Gasteiger partial charge in [-0.3, -0.25) is 19.7 Å². The van der Waals surface area contributed by atoms with Crippen molar-refractivity contribution in [2.24, 2.45) is 29.4 Å². The van der Waals surface area contributed by atoms with Gasteiger partial charge in [0, 0.05) is 23.1 Å². The minimum Gasteiger partial charge on any atom is -0.508 e. The number of aromatic hydroxyl groups is 1. The summed E-state index contributed by atoms with van der Waals surface area (Å²) in [6.45, 7) is 5.60. The number of ketones is 2. The summed E-state index contributed by atoms with van der Waals surface area (Å²) in [4.78, 5) is 51.4. The molecule has 0 bridgehead atoms. The van der Waals surface area contributed by atoms with Gasteiger partial charge >= 0.3 is 6.09 Å². The first kappa shape index (κ1) is 29.8. The molecule has 7 N–H and O–H groups in total. The van der Waals surface area contributed by atoms with Crippen LogP contribution in [-0.2, 0) is 25.5 Å². The quantitative estimate of drug-likeness (QED) is 0.270. The van der Waals surface area contributed by atoms with Gasteiger partial charge in [0.15, 0.2) is 11.4 Å². The van der Waals surface area contributed by atoms with Crippen LogP contribution in [0.5, 0.6) is 5.75 Å². The number of ether oxygens (including phenoxy) is 1. The number of amides is 2. The number of anilines is 1. The molecule has 2 aromatic rings. The first-order valence-corrected chi connectivity index (χ1v) is 14.2. The summed E-state index contributed by atoms with van der Waals surface area (Å²) in [5, 5.41) is 47.6. The molecule has 2 aromatic carbocycles. The SMILES string of the molecule is CCCOC(=O)Nc1ccc(-c2ccc(O)c3c2C[C@H]2C[C@H]4[C@H](C(C)C)C(=O)C(C(N)=O)=C(O)[C@@]4(O)C(=O)C2=C3O)cc1. The van der Waals surface area contributed by atoms with Gasteiger partial charge in [-0.25, -0.2) is 4.79 Å². The fourth-order valence-corrected chi connectivity index (χ4v) is 6.84. The summed E-state index contributed by atoms with van der Waals surface area (Å²) in [6, 6.07) is 9.93. The van der Waals surface area contributed by atoms with Crippen LogP contribution < -0.4 is 11.1 Å². The number of carbonyl (C=O) groups excluding carboxylic acids is 4. The largest absolute Gasteiger partial charge is 0.508 e. The Labute approximate surface area is 247 Å². The third kappa shape index (κ3) is 4.64. The van der Waals surface area contributed by atoms with Crippen LogP contribution in [0.1, 0.15) is 44.7 Å². The van der Waals surface area contributed by atoms with Crippen LogP contribution in [-0.4, -0.2) is 56.2 Å². The van der Waals surface area contributed by atoms with Crippen molar-refractivity contribution in [2.75, 3.05) is 11.9 Å². The smallest absolute Gasteiger partial charge is 0.411 e. The van der Waals surface area contributed by atoms with E-state index in [1.54, 1.807) is 44.2 Å². The summed E-state index contributed by atoms with van der Waals surface area (Å²) < 4.78 is 5.05. The highest BCUT2D eigenvalue weighted by Crippen LogP contribution is 2.55. The molecule has 0 heterocycles. The number of phenols is 1. The summed E-state index contributed by atoms with van der Waals surface area (Å²) in [5.74, 6) is -8.15. The lowest BCUT2D eigenvalue weighted by atomic mass is 9.54. The van der Waals surface area contributed by atoms with Crippen LogP contribution in [0.25, 0.3) is 16.9 Å². The van der Waals surface area contributed by atoms with Crippen LogP contribution in [0, 0.1) is 23.7 Å². The first-order chi connectivity index (χ1) is 20.3. The average molecular weight is 591 g/mol. The molecule has 11 heteroatoms. The van der Waals surface area contributed by atoms with Gasteiger partial charge in [0.2, 0.25) is 5.78 Å². The van der Waals surface area contributed by atoms with Crippen LogP contribution in [0.3, 0.4) is 0 Å². The van der Waals surface area contributed by atoms with E-state index >= 15 is 0 Å². The van der Waals surface area contributed by atoms with E-state index in [9.17, 15) is 39.6 Å².